The van der Waals surface area contributed by atoms with Crippen molar-refractivity contribution in [1.82, 2.24) is 0 Å². The Morgan fingerprint density at radius 3 is 2.31 bits per heavy atom. The van der Waals surface area contributed by atoms with Crippen LogP contribution in [0.4, 0.5) is 17.6 Å². The molecule has 0 bridgehead atoms. The normalized spacial score (nSPS) is 11.0. The number of alkyl halides is 3. The smallest absolute Gasteiger partial charge is 0.275 e. The molecule has 0 radical (unpaired) electrons. The van der Waals surface area contributed by atoms with E-state index in [4.69, 9.17) is 16.9 Å². The van der Waals surface area contributed by atoms with Crippen LogP contribution in [0.3, 0.4) is 0 Å². The summed E-state index contributed by atoms with van der Waals surface area (Å²) >= 11 is 4.86. The Bertz CT molecular complexity index is 490. The molecule has 0 fully saturated rings. The van der Waals surface area contributed by atoms with Crippen LogP contribution in [0.15, 0.2) is 12.1 Å². The highest BCUT2D eigenvalue weighted by Gasteiger charge is 2.39. The van der Waals surface area contributed by atoms with Crippen molar-refractivity contribution >= 4 is 16.8 Å². The molecule has 0 spiro atoms. The average molecular weight is 252 g/mol. The lowest BCUT2D eigenvalue weighted by atomic mass is 10.0. The zero-order valence-corrected chi connectivity index (χ0v) is 8.16. The molecule has 1 rings (SSSR count). The molecule has 84 valence electrons. The van der Waals surface area contributed by atoms with Gasteiger partial charge in [0, 0.05) is 0 Å². The van der Waals surface area contributed by atoms with Crippen LogP contribution >= 0.6 is 11.6 Å². The van der Waals surface area contributed by atoms with Crippen molar-refractivity contribution < 1.29 is 22.4 Å². The van der Waals surface area contributed by atoms with Crippen LogP contribution in [0.25, 0.3) is 0 Å². The van der Waals surface area contributed by atoms with Gasteiger partial charge in [0.1, 0.15) is 5.82 Å². The molecule has 1 aromatic rings. The summed E-state index contributed by atoms with van der Waals surface area (Å²) in [5.41, 5.74) is -3.82. The number of rotatable bonds is 1. The number of nitrogens with zero attached hydrogens (tertiary/aromatic N) is 1. The van der Waals surface area contributed by atoms with E-state index in [1.165, 1.54) is 6.07 Å². The van der Waals surface area contributed by atoms with Crippen molar-refractivity contribution in [2.24, 2.45) is 0 Å². The van der Waals surface area contributed by atoms with E-state index in [1.54, 1.807) is 0 Å². The van der Waals surface area contributed by atoms with Gasteiger partial charge in [0.15, 0.2) is 0 Å². The molecule has 0 N–H and O–H groups in total. The number of carbonyl (C=O) groups is 1. The Morgan fingerprint density at radius 1 is 1.38 bits per heavy atom. The zero-order valence-electron chi connectivity index (χ0n) is 7.40. The fourth-order valence-corrected chi connectivity index (χ4v) is 1.34. The Balaban J connectivity index is 3.71. The van der Waals surface area contributed by atoms with E-state index >= 15 is 0 Å². The van der Waals surface area contributed by atoms with Gasteiger partial charge in [-0.25, -0.2) is 4.39 Å². The Hall–Kier alpha value is -1.61. The van der Waals surface area contributed by atoms with E-state index in [1.807, 2.05) is 0 Å². The second-order valence-electron chi connectivity index (χ2n) is 2.73. The van der Waals surface area contributed by atoms with E-state index in [0.717, 1.165) is 0 Å². The van der Waals surface area contributed by atoms with Gasteiger partial charge >= 0.3 is 6.18 Å². The number of halogens is 5. The third-order valence-corrected chi connectivity index (χ3v) is 1.94. The Morgan fingerprint density at radius 2 is 1.94 bits per heavy atom. The van der Waals surface area contributed by atoms with Crippen LogP contribution in [-0.4, -0.2) is 5.24 Å². The molecular weight excluding hydrogens is 250 g/mol. The molecule has 1 aromatic carbocycles. The monoisotopic (exact) mass is 251 g/mol. The number of hydrogen-bond donors (Lipinski definition) is 0. The summed E-state index contributed by atoms with van der Waals surface area (Å²) in [4.78, 5) is 10.7. The van der Waals surface area contributed by atoms with Crippen LogP contribution in [-0.2, 0) is 6.18 Å². The summed E-state index contributed by atoms with van der Waals surface area (Å²) in [7, 11) is 0. The minimum Gasteiger partial charge on any atom is -0.275 e. The molecule has 2 nitrogen and oxygen atoms in total. The topological polar surface area (TPSA) is 40.9 Å². The number of carbonyl (C=O) groups excluding carboxylic acids is 1. The highest BCUT2D eigenvalue weighted by Crippen LogP contribution is 2.36. The molecule has 0 aliphatic rings. The van der Waals surface area contributed by atoms with Crippen LogP contribution in [0, 0.1) is 17.1 Å². The molecule has 0 atom stereocenters. The predicted octanol–water partition coefficient (Wildman–Crippen LogP) is 3.10. The third kappa shape index (κ3) is 2.14. The lowest BCUT2D eigenvalue weighted by Gasteiger charge is -2.12. The fourth-order valence-electron chi connectivity index (χ4n) is 1.16. The highest BCUT2D eigenvalue weighted by molar-refractivity contribution is 6.68. The van der Waals surface area contributed by atoms with Crippen molar-refractivity contribution in [3.8, 4) is 6.07 Å². The molecule has 0 saturated carbocycles. The zero-order chi connectivity index (χ0) is 12.5. The van der Waals surface area contributed by atoms with Gasteiger partial charge in [0.25, 0.3) is 5.24 Å². The van der Waals surface area contributed by atoms with Crippen molar-refractivity contribution in [2.75, 3.05) is 0 Å². The van der Waals surface area contributed by atoms with Crippen molar-refractivity contribution in [3.05, 3.63) is 34.6 Å². The summed E-state index contributed by atoms with van der Waals surface area (Å²) in [6.07, 6.45) is -5.02. The lowest BCUT2D eigenvalue weighted by Crippen LogP contribution is -2.15. The molecular formula is C9H2ClF4NO. The molecule has 0 amide bonds. The van der Waals surface area contributed by atoms with Crippen LogP contribution in [0.5, 0.6) is 0 Å². The maximum Gasteiger partial charge on any atom is 0.418 e. The van der Waals surface area contributed by atoms with Gasteiger partial charge < -0.3 is 0 Å². The van der Waals surface area contributed by atoms with Crippen molar-refractivity contribution in [2.45, 2.75) is 6.18 Å². The lowest BCUT2D eigenvalue weighted by molar-refractivity contribution is -0.138. The van der Waals surface area contributed by atoms with Gasteiger partial charge in [-0.1, -0.05) is 0 Å². The second kappa shape index (κ2) is 4.10. The third-order valence-electron chi connectivity index (χ3n) is 1.75. The van der Waals surface area contributed by atoms with Gasteiger partial charge in [-0.2, -0.15) is 18.4 Å². The number of hydrogen-bond acceptors (Lipinski definition) is 2. The van der Waals surface area contributed by atoms with Gasteiger partial charge in [-0.3, -0.25) is 4.79 Å². The number of nitriles is 1. The second-order valence-corrected chi connectivity index (χ2v) is 3.07. The summed E-state index contributed by atoms with van der Waals surface area (Å²) < 4.78 is 50.6. The highest BCUT2D eigenvalue weighted by atomic mass is 35.5. The first-order valence-corrected chi connectivity index (χ1v) is 4.16. The van der Waals surface area contributed by atoms with Crippen LogP contribution < -0.4 is 0 Å². The SMILES string of the molecule is N#Cc1ccc(F)c(C(=O)Cl)c1C(F)(F)F. The van der Waals surface area contributed by atoms with E-state index in [9.17, 15) is 22.4 Å². The quantitative estimate of drug-likeness (QED) is 0.568. The first-order valence-electron chi connectivity index (χ1n) is 3.78. The van der Waals surface area contributed by atoms with E-state index in [-0.39, 0.29) is 0 Å². The molecule has 0 aromatic heterocycles. The average Bonchev–Trinajstić information content (AvgIpc) is 2.15. The van der Waals surface area contributed by atoms with Gasteiger partial charge in [0.05, 0.1) is 22.8 Å². The van der Waals surface area contributed by atoms with E-state index < -0.39 is 33.9 Å². The Kier molecular flexibility index (Phi) is 3.19. The summed E-state index contributed by atoms with van der Waals surface area (Å²) in [6.45, 7) is 0. The van der Waals surface area contributed by atoms with Gasteiger partial charge in [0.2, 0.25) is 0 Å². The summed E-state index contributed by atoms with van der Waals surface area (Å²) in [5, 5.41) is 6.86. The predicted molar refractivity (Wildman–Crippen MR) is 46.3 cm³/mol. The molecule has 0 aliphatic heterocycles. The number of benzene rings is 1. The first kappa shape index (κ1) is 12.5. The van der Waals surface area contributed by atoms with E-state index in [2.05, 4.69) is 0 Å². The maximum absolute atomic E-state index is 13.0. The molecule has 0 saturated heterocycles. The Labute approximate surface area is 92.0 Å². The maximum atomic E-state index is 13.0. The summed E-state index contributed by atoms with van der Waals surface area (Å²) in [6, 6.07) is 2.45. The first-order chi connectivity index (χ1) is 7.29. The molecule has 0 heterocycles. The largest absolute Gasteiger partial charge is 0.418 e. The molecule has 0 unspecified atom stereocenters. The summed E-state index contributed by atoms with van der Waals surface area (Å²) in [5.74, 6) is -1.41. The minimum absolute atomic E-state index is 0.587. The standard InChI is InChI=1S/C9H2ClF4NO/c10-8(16)6-5(11)2-1-4(3-15)7(6)9(12,13)14/h1-2H. The van der Waals surface area contributed by atoms with E-state index in [0.29, 0.717) is 12.1 Å². The molecule has 7 heteroatoms. The van der Waals surface area contributed by atoms with Crippen molar-refractivity contribution in [1.29, 1.82) is 5.26 Å². The van der Waals surface area contributed by atoms with Crippen molar-refractivity contribution in [3.63, 3.8) is 0 Å². The minimum atomic E-state index is -5.02. The van der Waals surface area contributed by atoms with Crippen LogP contribution in [0.1, 0.15) is 21.5 Å². The van der Waals surface area contributed by atoms with Crippen LogP contribution in [0.2, 0.25) is 0 Å². The molecule has 0 aliphatic carbocycles. The van der Waals surface area contributed by atoms with Gasteiger partial charge in [-0.05, 0) is 23.7 Å². The fraction of sp³-hybridized carbons (Fsp3) is 0.111. The molecule has 16 heavy (non-hydrogen) atoms. The van der Waals surface area contributed by atoms with Gasteiger partial charge in [-0.15, -0.1) is 0 Å².